The van der Waals surface area contributed by atoms with Crippen LogP contribution >= 0.6 is 11.3 Å². The number of carbonyl (C=O) groups excluding carboxylic acids is 2. The van der Waals surface area contributed by atoms with Gasteiger partial charge >= 0.3 is 11.7 Å². The second kappa shape index (κ2) is 8.02. The van der Waals surface area contributed by atoms with E-state index in [9.17, 15) is 19.7 Å². The number of amides is 1. The Morgan fingerprint density at radius 1 is 1.38 bits per heavy atom. The Kier molecular flexibility index (Phi) is 5.79. The number of esters is 1. The molecule has 0 atom stereocenters. The lowest BCUT2D eigenvalue weighted by Gasteiger charge is -2.06. The first-order valence-corrected chi connectivity index (χ1v) is 7.55. The van der Waals surface area contributed by atoms with Crippen molar-refractivity contribution in [3.63, 3.8) is 0 Å². The molecule has 1 N–H and O–H groups in total. The molecule has 0 bridgehead atoms. The number of anilines is 1. The van der Waals surface area contributed by atoms with Crippen molar-refractivity contribution in [3.05, 3.63) is 45.5 Å². The number of thiazole rings is 1. The largest absolute Gasteiger partial charge is 0.477 e. The fourth-order valence-corrected chi connectivity index (χ4v) is 2.42. The lowest BCUT2D eigenvalue weighted by atomic mass is 10.3. The van der Waals surface area contributed by atoms with Crippen molar-refractivity contribution >= 4 is 34.0 Å². The third kappa shape index (κ3) is 4.74. The average molecular weight is 351 g/mol. The summed E-state index contributed by atoms with van der Waals surface area (Å²) in [6.45, 7) is -0.406. The molecule has 126 valence electrons. The maximum Gasteiger partial charge on any atom is 0.311 e. The molecular formula is C14H13N3O6S. The summed E-state index contributed by atoms with van der Waals surface area (Å²) in [6, 6.07) is 5.76. The van der Waals surface area contributed by atoms with E-state index in [-0.39, 0.29) is 17.9 Å². The summed E-state index contributed by atoms with van der Waals surface area (Å²) >= 11 is 1.15. The van der Waals surface area contributed by atoms with Crippen molar-refractivity contribution in [2.45, 2.75) is 6.42 Å². The zero-order chi connectivity index (χ0) is 17.5. The molecule has 0 aliphatic rings. The summed E-state index contributed by atoms with van der Waals surface area (Å²) in [4.78, 5) is 37.3. The Balaban J connectivity index is 1.90. The van der Waals surface area contributed by atoms with Crippen LogP contribution in [0.5, 0.6) is 5.75 Å². The van der Waals surface area contributed by atoms with Crippen LogP contribution in [0.4, 0.5) is 10.8 Å². The molecule has 0 spiro atoms. The van der Waals surface area contributed by atoms with Gasteiger partial charge < -0.3 is 9.47 Å². The number of nitrogens with one attached hydrogen (secondary N) is 1. The van der Waals surface area contributed by atoms with Gasteiger partial charge in [0, 0.05) is 11.4 Å². The van der Waals surface area contributed by atoms with E-state index in [0.717, 1.165) is 11.3 Å². The zero-order valence-electron chi connectivity index (χ0n) is 12.6. The highest BCUT2D eigenvalue weighted by Crippen LogP contribution is 2.25. The third-order valence-electron chi connectivity index (χ3n) is 2.77. The van der Waals surface area contributed by atoms with Gasteiger partial charge in [-0.2, -0.15) is 0 Å². The number of hydrogen-bond donors (Lipinski definition) is 1. The predicted octanol–water partition coefficient (Wildman–Crippen LogP) is 1.78. The summed E-state index contributed by atoms with van der Waals surface area (Å²) < 4.78 is 9.70. The topological polar surface area (TPSA) is 121 Å². The molecule has 0 saturated carbocycles. The van der Waals surface area contributed by atoms with Crippen LogP contribution in [0.2, 0.25) is 0 Å². The standard InChI is InChI=1S/C14H13N3O6S/c1-22-13(19)6-9-8-24-14(15-9)16-12(18)7-23-11-5-3-2-4-10(11)17(20)21/h2-5,8H,6-7H2,1H3,(H,15,16,18). The van der Waals surface area contributed by atoms with Crippen LogP contribution in [0.25, 0.3) is 0 Å². The first kappa shape index (κ1) is 17.3. The number of hydrogen-bond acceptors (Lipinski definition) is 8. The van der Waals surface area contributed by atoms with Gasteiger partial charge in [-0.25, -0.2) is 4.98 Å². The number of methoxy groups -OCH3 is 1. The number of nitro groups is 1. The van der Waals surface area contributed by atoms with Gasteiger partial charge in [-0.3, -0.25) is 25.0 Å². The van der Waals surface area contributed by atoms with E-state index in [2.05, 4.69) is 15.0 Å². The van der Waals surface area contributed by atoms with Gasteiger partial charge in [0.15, 0.2) is 17.5 Å². The molecule has 0 fully saturated rings. The lowest BCUT2D eigenvalue weighted by molar-refractivity contribution is -0.385. The van der Waals surface area contributed by atoms with E-state index in [1.807, 2.05) is 0 Å². The van der Waals surface area contributed by atoms with Crippen molar-refractivity contribution in [3.8, 4) is 5.75 Å². The molecule has 9 nitrogen and oxygen atoms in total. The molecule has 10 heteroatoms. The number of benzene rings is 1. The summed E-state index contributed by atoms with van der Waals surface area (Å²) in [5.41, 5.74) is 0.252. The monoisotopic (exact) mass is 351 g/mol. The molecule has 1 aromatic carbocycles. The molecule has 1 amide bonds. The maximum atomic E-state index is 11.8. The Morgan fingerprint density at radius 3 is 2.83 bits per heavy atom. The van der Waals surface area contributed by atoms with Gasteiger partial charge in [-0.1, -0.05) is 12.1 Å². The Morgan fingerprint density at radius 2 is 2.12 bits per heavy atom. The summed E-state index contributed by atoms with van der Waals surface area (Å²) in [6.07, 6.45) is 0.00950. The number of rotatable bonds is 7. The number of ether oxygens (including phenoxy) is 2. The number of nitro benzene ring substituents is 1. The Bertz CT molecular complexity index is 760. The summed E-state index contributed by atoms with van der Waals surface area (Å²) in [5.74, 6) is -0.951. The van der Waals surface area contributed by atoms with E-state index < -0.39 is 23.4 Å². The first-order chi connectivity index (χ1) is 11.5. The fourth-order valence-electron chi connectivity index (χ4n) is 1.69. The van der Waals surface area contributed by atoms with E-state index in [1.165, 1.54) is 25.3 Å². The molecule has 1 heterocycles. The van der Waals surface area contributed by atoms with Gasteiger partial charge in [-0.05, 0) is 6.07 Å². The average Bonchev–Trinajstić information content (AvgIpc) is 2.99. The molecule has 0 radical (unpaired) electrons. The second-order valence-electron chi connectivity index (χ2n) is 4.46. The van der Waals surface area contributed by atoms with Crippen molar-refractivity contribution in [2.75, 3.05) is 19.0 Å². The minimum atomic E-state index is -0.590. The van der Waals surface area contributed by atoms with Crippen LogP contribution in [0.3, 0.4) is 0 Å². The fraction of sp³-hybridized carbons (Fsp3) is 0.214. The minimum absolute atomic E-state index is 0.00293. The maximum absolute atomic E-state index is 11.8. The second-order valence-corrected chi connectivity index (χ2v) is 5.32. The van der Waals surface area contributed by atoms with Crippen LogP contribution in [-0.2, 0) is 20.7 Å². The molecule has 0 saturated heterocycles. The number of carbonyl (C=O) groups is 2. The summed E-state index contributed by atoms with van der Waals surface area (Å²) in [5, 5.41) is 15.3. The van der Waals surface area contributed by atoms with Gasteiger partial charge in [0.1, 0.15) is 0 Å². The van der Waals surface area contributed by atoms with Crippen molar-refractivity contribution in [1.82, 2.24) is 4.98 Å². The zero-order valence-corrected chi connectivity index (χ0v) is 13.4. The molecular weight excluding hydrogens is 338 g/mol. The van der Waals surface area contributed by atoms with E-state index in [0.29, 0.717) is 10.8 Å². The highest BCUT2D eigenvalue weighted by atomic mass is 32.1. The minimum Gasteiger partial charge on any atom is -0.477 e. The van der Waals surface area contributed by atoms with Crippen molar-refractivity contribution in [1.29, 1.82) is 0 Å². The van der Waals surface area contributed by atoms with Crippen LogP contribution in [0.1, 0.15) is 5.69 Å². The summed E-state index contributed by atoms with van der Waals surface area (Å²) in [7, 11) is 1.28. The molecule has 0 aliphatic heterocycles. The SMILES string of the molecule is COC(=O)Cc1csc(NC(=O)COc2ccccc2[N+](=O)[O-])n1. The highest BCUT2D eigenvalue weighted by molar-refractivity contribution is 7.13. The normalized spacial score (nSPS) is 10.0. The molecule has 1 aromatic heterocycles. The number of nitrogens with zero attached hydrogens (tertiary/aromatic N) is 2. The highest BCUT2D eigenvalue weighted by Gasteiger charge is 2.15. The molecule has 0 aliphatic carbocycles. The number of para-hydroxylation sites is 2. The Labute approximate surface area is 140 Å². The van der Waals surface area contributed by atoms with E-state index in [4.69, 9.17) is 4.74 Å². The molecule has 2 aromatic rings. The van der Waals surface area contributed by atoms with Crippen LogP contribution < -0.4 is 10.1 Å². The first-order valence-electron chi connectivity index (χ1n) is 6.67. The molecule has 0 unspecified atom stereocenters. The third-order valence-corrected chi connectivity index (χ3v) is 3.58. The smallest absolute Gasteiger partial charge is 0.311 e. The van der Waals surface area contributed by atoms with Crippen LogP contribution in [-0.4, -0.2) is 35.5 Å². The molecule has 2 rings (SSSR count). The quantitative estimate of drug-likeness (QED) is 0.458. The Hall–Kier alpha value is -3.01. The van der Waals surface area contributed by atoms with E-state index >= 15 is 0 Å². The predicted molar refractivity (Wildman–Crippen MR) is 85.1 cm³/mol. The van der Waals surface area contributed by atoms with Gasteiger partial charge in [0.25, 0.3) is 5.91 Å². The van der Waals surface area contributed by atoms with Crippen LogP contribution in [0, 0.1) is 10.1 Å². The van der Waals surface area contributed by atoms with Gasteiger partial charge in [-0.15, -0.1) is 11.3 Å². The van der Waals surface area contributed by atoms with Gasteiger partial charge in [0.05, 0.1) is 24.1 Å². The lowest BCUT2D eigenvalue weighted by Crippen LogP contribution is -2.20. The van der Waals surface area contributed by atoms with Crippen LogP contribution in [0.15, 0.2) is 29.6 Å². The van der Waals surface area contributed by atoms with E-state index in [1.54, 1.807) is 11.4 Å². The number of aromatic nitrogens is 1. The van der Waals surface area contributed by atoms with Crippen molar-refractivity contribution in [2.24, 2.45) is 0 Å². The van der Waals surface area contributed by atoms with Crippen molar-refractivity contribution < 1.29 is 24.0 Å². The van der Waals surface area contributed by atoms with Gasteiger partial charge in [0.2, 0.25) is 0 Å². The molecule has 24 heavy (non-hydrogen) atoms.